The van der Waals surface area contributed by atoms with Gasteiger partial charge in [-0.3, -0.25) is 0 Å². The molecule has 7 heteroatoms. The maximum Gasteiger partial charge on any atom is 0.512 e. The summed E-state index contributed by atoms with van der Waals surface area (Å²) in [6, 6.07) is 1.25. The van der Waals surface area contributed by atoms with Crippen molar-refractivity contribution in [3.63, 3.8) is 0 Å². The van der Waals surface area contributed by atoms with Gasteiger partial charge in [0.25, 0.3) is 0 Å². The van der Waals surface area contributed by atoms with Crippen molar-refractivity contribution in [3.8, 4) is 5.88 Å². The first-order valence-electron chi connectivity index (χ1n) is 2.93. The zero-order chi connectivity index (χ0) is 10.0. The Morgan fingerprint density at radius 2 is 2.00 bits per heavy atom. The number of halogens is 3. The molecule has 0 aliphatic carbocycles. The van der Waals surface area contributed by atoms with Crippen molar-refractivity contribution in [1.29, 1.82) is 0 Å². The minimum atomic E-state index is -1.52. The first-order chi connectivity index (χ1) is 6.00. The van der Waals surface area contributed by atoms with E-state index in [0.717, 1.165) is 0 Å². The molecule has 0 fully saturated rings. The molecule has 1 aromatic rings. The SMILES string of the molecule is O=C(O)Oc1nc(Cl)c(Cl)cc1Cl. The third-order valence-electron chi connectivity index (χ3n) is 1.04. The lowest BCUT2D eigenvalue weighted by molar-refractivity contribution is 0.142. The van der Waals surface area contributed by atoms with E-state index in [4.69, 9.17) is 39.9 Å². The lowest BCUT2D eigenvalue weighted by Gasteiger charge is -2.02. The van der Waals surface area contributed by atoms with Gasteiger partial charge in [-0.15, -0.1) is 0 Å². The van der Waals surface area contributed by atoms with Crippen LogP contribution in [-0.2, 0) is 0 Å². The van der Waals surface area contributed by atoms with Gasteiger partial charge in [-0.2, -0.15) is 4.98 Å². The van der Waals surface area contributed by atoms with Crippen LogP contribution in [0, 0.1) is 0 Å². The highest BCUT2D eigenvalue weighted by molar-refractivity contribution is 6.42. The summed E-state index contributed by atoms with van der Waals surface area (Å²) in [5, 5.41) is 8.30. The van der Waals surface area contributed by atoms with Gasteiger partial charge in [-0.1, -0.05) is 34.8 Å². The monoisotopic (exact) mass is 241 g/mol. The number of hydrogen-bond donors (Lipinski definition) is 1. The Morgan fingerprint density at radius 1 is 1.38 bits per heavy atom. The van der Waals surface area contributed by atoms with E-state index in [1.165, 1.54) is 6.07 Å². The van der Waals surface area contributed by atoms with Gasteiger partial charge in [0.05, 0.1) is 5.02 Å². The fraction of sp³-hybridized carbons (Fsp3) is 0. The molecule has 0 spiro atoms. The first-order valence-corrected chi connectivity index (χ1v) is 4.06. The maximum atomic E-state index is 10.1. The van der Waals surface area contributed by atoms with E-state index in [9.17, 15) is 4.79 Å². The summed E-state index contributed by atoms with van der Waals surface area (Å²) < 4.78 is 4.21. The second-order valence-electron chi connectivity index (χ2n) is 1.92. The summed E-state index contributed by atoms with van der Waals surface area (Å²) in [5.74, 6) is -0.288. The van der Waals surface area contributed by atoms with Gasteiger partial charge >= 0.3 is 6.16 Å². The first kappa shape index (κ1) is 10.4. The minimum Gasteiger partial charge on any atom is -0.449 e. The van der Waals surface area contributed by atoms with Crippen LogP contribution in [0.2, 0.25) is 15.2 Å². The lowest BCUT2D eigenvalue weighted by atomic mass is 10.5. The van der Waals surface area contributed by atoms with Gasteiger partial charge in [0.15, 0.2) is 5.15 Å². The van der Waals surface area contributed by atoms with E-state index in [1.807, 2.05) is 0 Å². The summed E-state index contributed by atoms with van der Waals surface area (Å²) in [6.07, 6.45) is -1.52. The Morgan fingerprint density at radius 3 is 2.54 bits per heavy atom. The van der Waals surface area contributed by atoms with E-state index >= 15 is 0 Å². The third kappa shape index (κ3) is 2.62. The highest BCUT2D eigenvalue weighted by atomic mass is 35.5. The molecule has 1 heterocycles. The van der Waals surface area contributed by atoms with Gasteiger partial charge in [0, 0.05) is 0 Å². The van der Waals surface area contributed by atoms with Crippen molar-refractivity contribution in [3.05, 3.63) is 21.3 Å². The number of pyridine rings is 1. The van der Waals surface area contributed by atoms with Crippen LogP contribution in [-0.4, -0.2) is 16.2 Å². The van der Waals surface area contributed by atoms with Crippen molar-refractivity contribution in [2.24, 2.45) is 0 Å². The molecule has 0 aliphatic heterocycles. The average Bonchev–Trinajstić information content (AvgIpc) is 1.99. The molecule has 0 atom stereocenters. The molecule has 0 aliphatic rings. The second-order valence-corrected chi connectivity index (χ2v) is 3.09. The van der Waals surface area contributed by atoms with Gasteiger partial charge in [0.2, 0.25) is 5.88 Å². The summed E-state index contributed by atoms with van der Waals surface area (Å²) in [7, 11) is 0. The average molecular weight is 242 g/mol. The zero-order valence-corrected chi connectivity index (χ0v) is 8.19. The molecule has 0 unspecified atom stereocenters. The highest BCUT2D eigenvalue weighted by Gasteiger charge is 2.11. The molecular formula is C6H2Cl3NO3. The van der Waals surface area contributed by atoms with Crippen LogP contribution in [0.4, 0.5) is 4.79 Å². The fourth-order valence-electron chi connectivity index (χ4n) is 0.583. The minimum absolute atomic E-state index is 0.0169. The molecule has 70 valence electrons. The van der Waals surface area contributed by atoms with Crippen LogP contribution >= 0.6 is 34.8 Å². The third-order valence-corrected chi connectivity index (χ3v) is 1.98. The number of carboxylic acid groups (broad SMARTS) is 1. The molecule has 0 aromatic carbocycles. The number of ether oxygens (including phenoxy) is 1. The molecule has 1 aromatic heterocycles. The van der Waals surface area contributed by atoms with Gasteiger partial charge in [-0.05, 0) is 6.07 Å². The molecule has 1 N–H and O–H groups in total. The quantitative estimate of drug-likeness (QED) is 0.607. The fourth-order valence-corrected chi connectivity index (χ4v) is 1.11. The summed E-state index contributed by atoms with van der Waals surface area (Å²) in [6.45, 7) is 0. The molecule has 0 radical (unpaired) electrons. The maximum absolute atomic E-state index is 10.1. The van der Waals surface area contributed by atoms with Crippen LogP contribution in [0.1, 0.15) is 0 Å². The van der Waals surface area contributed by atoms with Crippen LogP contribution in [0.3, 0.4) is 0 Å². The number of carbonyl (C=O) groups is 1. The number of nitrogens with zero attached hydrogens (tertiary/aromatic N) is 1. The van der Waals surface area contributed by atoms with E-state index in [0.29, 0.717) is 0 Å². The molecule has 0 bridgehead atoms. The van der Waals surface area contributed by atoms with Crippen LogP contribution in [0.25, 0.3) is 0 Å². The predicted octanol–water partition coefficient (Wildman–Crippen LogP) is 3.10. The molecular weight excluding hydrogens is 240 g/mol. The summed E-state index contributed by atoms with van der Waals surface area (Å²) in [5.41, 5.74) is 0. The number of hydrogen-bond acceptors (Lipinski definition) is 3. The smallest absolute Gasteiger partial charge is 0.449 e. The predicted molar refractivity (Wildman–Crippen MR) is 47.9 cm³/mol. The Bertz CT molecular complexity index is 355. The Labute approximate surface area is 88.0 Å². The second kappa shape index (κ2) is 4.00. The Balaban J connectivity index is 3.08. The van der Waals surface area contributed by atoms with Gasteiger partial charge in [-0.25, -0.2) is 4.79 Å². The van der Waals surface area contributed by atoms with E-state index in [1.54, 1.807) is 0 Å². The molecule has 13 heavy (non-hydrogen) atoms. The molecule has 1 rings (SSSR count). The van der Waals surface area contributed by atoms with Gasteiger partial charge < -0.3 is 9.84 Å². The largest absolute Gasteiger partial charge is 0.512 e. The van der Waals surface area contributed by atoms with Crippen molar-refractivity contribution in [1.82, 2.24) is 4.98 Å². The van der Waals surface area contributed by atoms with Crippen molar-refractivity contribution < 1.29 is 14.6 Å². The zero-order valence-electron chi connectivity index (χ0n) is 5.92. The van der Waals surface area contributed by atoms with Crippen molar-refractivity contribution >= 4 is 41.0 Å². The summed E-state index contributed by atoms with van der Waals surface area (Å²) in [4.78, 5) is 13.6. The van der Waals surface area contributed by atoms with E-state index in [-0.39, 0.29) is 21.1 Å². The van der Waals surface area contributed by atoms with Crippen LogP contribution in [0.5, 0.6) is 5.88 Å². The van der Waals surface area contributed by atoms with Crippen LogP contribution in [0.15, 0.2) is 6.07 Å². The Hall–Kier alpha value is -0.710. The van der Waals surface area contributed by atoms with Crippen molar-refractivity contribution in [2.45, 2.75) is 0 Å². The number of rotatable bonds is 1. The molecule has 4 nitrogen and oxygen atoms in total. The normalized spacial score (nSPS) is 9.77. The van der Waals surface area contributed by atoms with Crippen molar-refractivity contribution in [2.75, 3.05) is 0 Å². The molecule has 0 amide bonds. The molecule has 0 saturated carbocycles. The summed E-state index contributed by atoms with van der Waals surface area (Å²) >= 11 is 16.6. The lowest BCUT2D eigenvalue weighted by Crippen LogP contribution is -2.05. The number of aromatic nitrogens is 1. The van der Waals surface area contributed by atoms with Gasteiger partial charge in [0.1, 0.15) is 5.02 Å². The standard InChI is InChI=1S/C6H2Cl3NO3/c7-2-1-3(8)5(10-4(2)9)13-6(11)12/h1H,(H,11,12). The highest BCUT2D eigenvalue weighted by Crippen LogP contribution is 2.30. The Kier molecular flexibility index (Phi) is 3.19. The van der Waals surface area contributed by atoms with Crippen LogP contribution < -0.4 is 4.74 Å². The molecule has 0 saturated heterocycles. The van der Waals surface area contributed by atoms with E-state index in [2.05, 4.69) is 9.72 Å². The van der Waals surface area contributed by atoms with E-state index < -0.39 is 6.16 Å². The topological polar surface area (TPSA) is 59.4 Å².